The van der Waals surface area contributed by atoms with E-state index in [0.29, 0.717) is 68.5 Å². The number of halogens is 2. The van der Waals surface area contributed by atoms with Crippen molar-refractivity contribution in [3.8, 4) is 0 Å². The summed E-state index contributed by atoms with van der Waals surface area (Å²) >= 11 is 12.6. The van der Waals surface area contributed by atoms with Crippen LogP contribution in [0.5, 0.6) is 0 Å². The average Bonchev–Trinajstić information content (AvgIpc) is 3.75. The van der Waals surface area contributed by atoms with Crippen molar-refractivity contribution >= 4 is 80.4 Å². The minimum Gasteiger partial charge on any atom is -0.398 e. The number of benzene rings is 2. The summed E-state index contributed by atoms with van der Waals surface area (Å²) < 4.78 is 3.89. The number of nitrogens with zero attached hydrogens (tertiary/aromatic N) is 8. The van der Waals surface area contributed by atoms with Crippen LogP contribution in [0.1, 0.15) is 85.0 Å². The lowest BCUT2D eigenvalue weighted by Crippen LogP contribution is -2.55. The Morgan fingerprint density at radius 2 is 1.12 bits per heavy atom. The molecular weight excluding hydrogens is 767 g/mol. The third-order valence-corrected chi connectivity index (χ3v) is 10.0. The third-order valence-electron chi connectivity index (χ3n) is 9.54. The predicted molar refractivity (Wildman–Crippen MR) is 230 cm³/mol. The molecule has 0 aliphatic carbocycles. The zero-order valence-corrected chi connectivity index (χ0v) is 34.9. The van der Waals surface area contributed by atoms with Crippen molar-refractivity contribution in [2.75, 3.05) is 32.7 Å². The van der Waals surface area contributed by atoms with Gasteiger partial charge in [-0.15, -0.1) is 0 Å². The topological polar surface area (TPSA) is 228 Å². The normalized spacial score (nSPS) is 13.4. The number of nitrogens with two attached hydrogens (primary N) is 2. The number of hydrogen-bond acceptors (Lipinski definition) is 14. The van der Waals surface area contributed by atoms with Gasteiger partial charge >= 0.3 is 0 Å². The SMILES string of the molecule is CC(C)n1cnc2c(NCc3cc(Cl)ccc3N)nc(NC(CC(C)(C)O)C(Nc3nc(NCc4cc(Cl)ccc4N)c4ncn(C(C)C)c4n3)C(C)(C)O)nc21. The van der Waals surface area contributed by atoms with Crippen LogP contribution in [0.2, 0.25) is 10.0 Å². The van der Waals surface area contributed by atoms with Crippen LogP contribution in [0.25, 0.3) is 22.3 Å². The second kappa shape index (κ2) is 16.4. The van der Waals surface area contributed by atoms with Crippen LogP contribution in [-0.4, -0.2) is 72.5 Å². The standard InChI is InChI=1S/C39H52Cl2N14O2/c1-20(2)54-18-46-29-32(44-16-22-13-24(40)9-11-26(22)42)50-36(52-34(29)54)48-28(15-38(5,6)56)31(39(7,8)57)49-37-51-33(30-35(53-37)55(19-47-30)21(3)4)45-17-23-14-25(41)10-12-27(23)43/h9-14,18-21,28,31,56-57H,15-17,42-43H2,1-8H3,(H2,44,48,50,52)(H2,45,49,51,53). The lowest BCUT2D eigenvalue weighted by molar-refractivity contribution is 0.0265. The van der Waals surface area contributed by atoms with Gasteiger partial charge in [-0.05, 0) is 109 Å². The van der Waals surface area contributed by atoms with E-state index in [9.17, 15) is 10.2 Å². The van der Waals surface area contributed by atoms with Crippen LogP contribution in [0.3, 0.4) is 0 Å². The van der Waals surface area contributed by atoms with E-state index in [1.54, 1.807) is 76.7 Å². The fraction of sp³-hybridized carbons (Fsp3) is 0.436. The van der Waals surface area contributed by atoms with Crippen molar-refractivity contribution in [2.45, 2.75) is 110 Å². The molecule has 0 amide bonds. The van der Waals surface area contributed by atoms with Crippen molar-refractivity contribution in [2.24, 2.45) is 0 Å². The predicted octanol–water partition coefficient (Wildman–Crippen LogP) is 7.02. The molecule has 304 valence electrons. The number of hydrogen-bond donors (Lipinski definition) is 8. The number of aromatic nitrogens is 8. The highest BCUT2D eigenvalue weighted by Gasteiger charge is 2.38. The second-order valence-electron chi connectivity index (χ2n) is 16.1. The molecule has 0 spiro atoms. The Hall–Kier alpha value is -5.16. The highest BCUT2D eigenvalue weighted by Crippen LogP contribution is 2.31. The second-order valence-corrected chi connectivity index (χ2v) is 16.9. The molecule has 16 nitrogen and oxygen atoms in total. The summed E-state index contributed by atoms with van der Waals surface area (Å²) in [7, 11) is 0. The van der Waals surface area contributed by atoms with E-state index in [0.717, 1.165) is 11.1 Å². The molecule has 0 saturated heterocycles. The van der Waals surface area contributed by atoms with Gasteiger partial charge in [0.05, 0.1) is 35.9 Å². The number of nitrogens with one attached hydrogen (secondary N) is 4. The Labute approximate surface area is 341 Å². The summed E-state index contributed by atoms with van der Waals surface area (Å²) in [5.74, 6) is 1.38. The lowest BCUT2D eigenvalue weighted by Gasteiger charge is -2.39. The van der Waals surface area contributed by atoms with Crippen molar-refractivity contribution in [1.82, 2.24) is 39.0 Å². The molecule has 0 saturated carbocycles. The molecule has 4 aromatic heterocycles. The fourth-order valence-corrected chi connectivity index (χ4v) is 7.03. The van der Waals surface area contributed by atoms with Gasteiger partial charge in [0.1, 0.15) is 0 Å². The van der Waals surface area contributed by atoms with E-state index < -0.39 is 23.3 Å². The summed E-state index contributed by atoms with van der Waals surface area (Å²) in [5.41, 5.74) is 15.0. The van der Waals surface area contributed by atoms with Crippen molar-refractivity contribution in [3.63, 3.8) is 0 Å². The number of aliphatic hydroxyl groups is 2. The summed E-state index contributed by atoms with van der Waals surface area (Å²) in [6.07, 6.45) is 3.61. The molecule has 18 heteroatoms. The Balaban J connectivity index is 1.40. The maximum atomic E-state index is 11.9. The van der Waals surface area contributed by atoms with Crippen molar-refractivity contribution < 1.29 is 10.2 Å². The minimum absolute atomic E-state index is 0.0355. The molecule has 2 aromatic carbocycles. The van der Waals surface area contributed by atoms with Crippen molar-refractivity contribution in [3.05, 3.63) is 70.2 Å². The fourth-order valence-electron chi connectivity index (χ4n) is 6.64. The Bertz CT molecular complexity index is 2360. The van der Waals surface area contributed by atoms with Crippen LogP contribution >= 0.6 is 23.2 Å². The monoisotopic (exact) mass is 818 g/mol. The Morgan fingerprint density at radius 3 is 1.53 bits per heavy atom. The van der Waals surface area contributed by atoms with E-state index >= 15 is 0 Å². The molecule has 6 aromatic rings. The number of imidazole rings is 2. The molecule has 0 aliphatic heterocycles. The Morgan fingerprint density at radius 1 is 0.684 bits per heavy atom. The molecule has 0 fully saturated rings. The van der Waals surface area contributed by atoms with Crippen LogP contribution in [0, 0.1) is 0 Å². The summed E-state index contributed by atoms with van der Waals surface area (Å²) in [5, 5.41) is 37.9. The zero-order chi connectivity index (χ0) is 41.4. The van der Waals surface area contributed by atoms with Crippen LogP contribution in [0.15, 0.2) is 49.1 Å². The van der Waals surface area contributed by atoms with Crippen LogP contribution in [0.4, 0.5) is 34.9 Å². The first kappa shape index (κ1) is 41.5. The molecule has 2 atom stereocenters. The van der Waals surface area contributed by atoms with Crippen LogP contribution in [-0.2, 0) is 13.1 Å². The van der Waals surface area contributed by atoms with Gasteiger partial charge in [-0.2, -0.15) is 19.9 Å². The van der Waals surface area contributed by atoms with E-state index in [2.05, 4.69) is 31.2 Å². The van der Waals surface area contributed by atoms with Gasteiger partial charge in [0, 0.05) is 46.6 Å². The smallest absolute Gasteiger partial charge is 0.227 e. The summed E-state index contributed by atoms with van der Waals surface area (Å²) in [6, 6.07) is 9.16. The van der Waals surface area contributed by atoms with E-state index in [4.69, 9.17) is 54.6 Å². The van der Waals surface area contributed by atoms with Gasteiger partial charge in [-0.3, -0.25) is 0 Å². The number of rotatable bonds is 16. The molecule has 10 N–H and O–H groups in total. The minimum atomic E-state index is -1.41. The maximum Gasteiger partial charge on any atom is 0.227 e. The van der Waals surface area contributed by atoms with E-state index in [-0.39, 0.29) is 30.4 Å². The molecule has 4 heterocycles. The van der Waals surface area contributed by atoms with Gasteiger partial charge in [-0.1, -0.05) is 23.2 Å². The van der Waals surface area contributed by atoms with Crippen LogP contribution < -0.4 is 32.7 Å². The first-order valence-corrected chi connectivity index (χ1v) is 19.6. The quantitative estimate of drug-likeness (QED) is 0.0460. The van der Waals surface area contributed by atoms with Gasteiger partial charge in [0.2, 0.25) is 11.9 Å². The Kier molecular flexibility index (Phi) is 11.9. The highest BCUT2D eigenvalue weighted by atomic mass is 35.5. The maximum absolute atomic E-state index is 11.9. The van der Waals surface area contributed by atoms with Gasteiger partial charge in [0.25, 0.3) is 0 Å². The lowest BCUT2D eigenvalue weighted by atomic mass is 9.85. The van der Waals surface area contributed by atoms with Gasteiger partial charge in [0.15, 0.2) is 34.0 Å². The molecule has 0 bridgehead atoms. The average molecular weight is 820 g/mol. The van der Waals surface area contributed by atoms with E-state index in [1.807, 2.05) is 36.8 Å². The summed E-state index contributed by atoms with van der Waals surface area (Å²) in [4.78, 5) is 28.9. The van der Waals surface area contributed by atoms with Gasteiger partial charge < -0.3 is 52.1 Å². The number of anilines is 6. The highest BCUT2D eigenvalue weighted by molar-refractivity contribution is 6.31. The number of nitrogen functional groups attached to an aromatic ring is 2. The molecule has 6 rings (SSSR count). The molecule has 0 radical (unpaired) electrons. The van der Waals surface area contributed by atoms with Gasteiger partial charge in [-0.25, -0.2) is 9.97 Å². The van der Waals surface area contributed by atoms with E-state index in [1.165, 1.54) is 0 Å². The molecular formula is C39H52Cl2N14O2. The molecule has 57 heavy (non-hydrogen) atoms. The van der Waals surface area contributed by atoms with Crippen molar-refractivity contribution in [1.29, 1.82) is 0 Å². The third kappa shape index (κ3) is 9.70. The summed E-state index contributed by atoms with van der Waals surface area (Å²) in [6.45, 7) is 15.6. The first-order chi connectivity index (χ1) is 26.8. The molecule has 2 unspecified atom stereocenters. The zero-order valence-electron chi connectivity index (χ0n) is 33.4. The molecule has 0 aliphatic rings. The first-order valence-electron chi connectivity index (χ1n) is 18.8. The largest absolute Gasteiger partial charge is 0.398 e. The number of fused-ring (bicyclic) bond motifs is 2.